The fourth-order valence-corrected chi connectivity index (χ4v) is 7.26. The summed E-state index contributed by atoms with van der Waals surface area (Å²) in [7, 11) is 0. The second kappa shape index (κ2) is 15.6. The van der Waals surface area contributed by atoms with Crippen LogP contribution in [0.2, 0.25) is 0 Å². The van der Waals surface area contributed by atoms with Crippen LogP contribution in [0.25, 0.3) is 45.0 Å². The van der Waals surface area contributed by atoms with Gasteiger partial charge >= 0.3 is 0 Å². The van der Waals surface area contributed by atoms with E-state index in [4.69, 9.17) is 0 Å². The van der Waals surface area contributed by atoms with Gasteiger partial charge in [-0.15, -0.1) is 10.2 Å². The fourth-order valence-electron chi connectivity index (χ4n) is 7.26. The Morgan fingerprint density at radius 2 is 0.788 bits per heavy atom. The van der Waals surface area contributed by atoms with Crippen molar-refractivity contribution in [3.8, 4) is 45.0 Å². The molecule has 0 bridgehead atoms. The van der Waals surface area contributed by atoms with Crippen LogP contribution in [-0.2, 0) is 13.1 Å². The Morgan fingerprint density at radius 1 is 0.423 bits per heavy atom. The average Bonchev–Trinajstić information content (AvgIpc) is 3.74. The third-order valence-corrected chi connectivity index (χ3v) is 9.78. The molecule has 0 aliphatic carbocycles. The van der Waals surface area contributed by atoms with Gasteiger partial charge in [-0.1, -0.05) is 110 Å². The third-order valence-electron chi connectivity index (χ3n) is 9.78. The summed E-state index contributed by atoms with van der Waals surface area (Å²) in [5, 5.41) is 18.2. The summed E-state index contributed by atoms with van der Waals surface area (Å²) >= 11 is 0. The van der Waals surface area contributed by atoms with Crippen LogP contribution in [0.3, 0.4) is 0 Å². The highest BCUT2D eigenvalue weighted by molar-refractivity contribution is 5.89. The van der Waals surface area contributed by atoms with E-state index < -0.39 is 0 Å². The highest BCUT2D eigenvalue weighted by Crippen LogP contribution is 2.43. The van der Waals surface area contributed by atoms with E-state index in [1.54, 1.807) is 0 Å². The van der Waals surface area contributed by atoms with Gasteiger partial charge in [0.1, 0.15) is 11.4 Å². The molecule has 2 aromatic heterocycles. The van der Waals surface area contributed by atoms with E-state index in [1.165, 1.54) is 39.2 Å². The number of benzene rings is 4. The van der Waals surface area contributed by atoms with Crippen molar-refractivity contribution in [1.29, 1.82) is 0 Å². The van der Waals surface area contributed by atoms with Crippen LogP contribution in [0, 0.1) is 0 Å². The van der Waals surface area contributed by atoms with Crippen LogP contribution >= 0.6 is 0 Å². The molecular weight excluding hydrogens is 641 g/mol. The van der Waals surface area contributed by atoms with Crippen LogP contribution < -0.4 is 9.80 Å². The van der Waals surface area contributed by atoms with Gasteiger partial charge in [0, 0.05) is 70.9 Å². The molecule has 4 heterocycles. The van der Waals surface area contributed by atoms with Crippen LogP contribution in [0.15, 0.2) is 97.1 Å². The molecule has 0 atom stereocenters. The summed E-state index contributed by atoms with van der Waals surface area (Å²) in [6.45, 7) is 19.4. The van der Waals surface area contributed by atoms with Gasteiger partial charge in [-0.25, -0.2) is 9.36 Å². The molecule has 52 heavy (non-hydrogen) atoms. The molecule has 0 N–H and O–H groups in total. The van der Waals surface area contributed by atoms with Crippen LogP contribution in [-0.4, -0.2) is 42.1 Å². The quantitative estimate of drug-likeness (QED) is 0.183. The first kappa shape index (κ1) is 38.0. The van der Waals surface area contributed by atoms with Gasteiger partial charge in [0.05, 0.1) is 11.4 Å². The van der Waals surface area contributed by atoms with Gasteiger partial charge in [0.2, 0.25) is 0 Å². The molecule has 6 aromatic rings. The summed E-state index contributed by atoms with van der Waals surface area (Å²) in [5.74, 6) is 0. The highest BCUT2D eigenvalue weighted by Gasteiger charge is 2.29. The van der Waals surface area contributed by atoms with Gasteiger partial charge in [-0.2, -0.15) is 0 Å². The molecule has 0 fully saturated rings. The first-order valence-corrected chi connectivity index (χ1v) is 17.9. The number of fused-ring (bicyclic) bond motifs is 10. The highest BCUT2D eigenvalue weighted by atomic mass is 15.4. The normalized spacial score (nSPS) is 12.8. The Hall–Kier alpha value is -5.24. The second-order valence-electron chi connectivity index (χ2n) is 14.4. The first-order chi connectivity index (χ1) is 24.2. The summed E-state index contributed by atoms with van der Waals surface area (Å²) in [6.07, 6.45) is 0. The predicted octanol–water partition coefficient (Wildman–Crippen LogP) is 11.1. The number of nitrogens with zero attached hydrogens (tertiary/aromatic N) is 8. The molecule has 0 unspecified atom stereocenters. The van der Waals surface area contributed by atoms with Crippen molar-refractivity contribution in [1.82, 2.24) is 30.0 Å². The van der Waals surface area contributed by atoms with Gasteiger partial charge < -0.3 is 9.80 Å². The van der Waals surface area contributed by atoms with E-state index in [-0.39, 0.29) is 26.9 Å². The number of rotatable bonds is 4. The Labute approximate surface area is 311 Å². The van der Waals surface area contributed by atoms with E-state index in [0.717, 1.165) is 41.4 Å². The van der Waals surface area contributed by atoms with Crippen LogP contribution in [0.4, 0.5) is 11.4 Å². The van der Waals surface area contributed by atoms with Crippen LogP contribution in [0.1, 0.15) is 93.5 Å². The second-order valence-corrected chi connectivity index (χ2v) is 14.4. The molecule has 8 nitrogen and oxygen atoms in total. The largest absolute Gasteiger partial charge is 0.364 e. The van der Waals surface area contributed by atoms with Crippen molar-refractivity contribution >= 4 is 11.4 Å². The molecule has 8 rings (SSSR count). The van der Waals surface area contributed by atoms with Gasteiger partial charge in [-0.05, 0) is 78.6 Å². The van der Waals surface area contributed by atoms with Gasteiger partial charge in [-0.3, -0.25) is 0 Å². The number of hydrogen-bond acceptors (Lipinski definition) is 6. The summed E-state index contributed by atoms with van der Waals surface area (Å²) in [6, 6.07) is 35.7. The zero-order valence-electron chi connectivity index (χ0n) is 30.5. The van der Waals surface area contributed by atoms with Crippen LogP contribution in [0.5, 0.6) is 0 Å². The van der Waals surface area contributed by atoms with E-state index in [9.17, 15) is 0 Å². The molecule has 0 saturated heterocycles. The average molecular weight is 697 g/mol. The molecule has 2 aliphatic heterocycles. The number of anilines is 2. The van der Waals surface area contributed by atoms with Crippen molar-refractivity contribution in [3.63, 3.8) is 0 Å². The molecule has 0 saturated carbocycles. The van der Waals surface area contributed by atoms with Crippen molar-refractivity contribution in [2.45, 2.75) is 108 Å². The lowest BCUT2D eigenvalue weighted by atomic mass is 9.95. The topological polar surface area (TPSA) is 67.9 Å². The zero-order valence-corrected chi connectivity index (χ0v) is 30.5. The Bertz CT molecular complexity index is 2120. The minimum atomic E-state index is 0. The molecule has 272 valence electrons. The van der Waals surface area contributed by atoms with E-state index in [1.807, 2.05) is 0 Å². The van der Waals surface area contributed by atoms with Crippen molar-refractivity contribution < 1.29 is 0 Å². The maximum absolute atomic E-state index is 4.60. The Balaban J connectivity index is 0.000000194. The summed E-state index contributed by atoms with van der Waals surface area (Å²) < 4.78 is 4.10. The third kappa shape index (κ3) is 6.74. The maximum Gasteiger partial charge on any atom is 0.123 e. The summed E-state index contributed by atoms with van der Waals surface area (Å²) in [5.41, 5.74) is 14.1. The zero-order chi connectivity index (χ0) is 35.1. The molecule has 8 heteroatoms. The van der Waals surface area contributed by atoms with Gasteiger partial charge in [0.15, 0.2) is 0 Å². The van der Waals surface area contributed by atoms with Crippen molar-refractivity contribution in [3.05, 3.63) is 108 Å². The Kier molecular flexibility index (Phi) is 11.4. The monoisotopic (exact) mass is 696 g/mol. The molecular formula is C44H56N8. The molecule has 2 aliphatic rings. The lowest BCUT2D eigenvalue weighted by molar-refractivity contribution is 0.519. The van der Waals surface area contributed by atoms with E-state index in [2.05, 4.69) is 192 Å². The molecule has 4 aromatic carbocycles. The number of para-hydroxylation sites is 2. The van der Waals surface area contributed by atoms with E-state index >= 15 is 0 Å². The van der Waals surface area contributed by atoms with Crippen molar-refractivity contribution in [2.24, 2.45) is 0 Å². The lowest BCUT2D eigenvalue weighted by Crippen LogP contribution is -2.31. The number of hydrogen-bond donors (Lipinski definition) is 0. The lowest BCUT2D eigenvalue weighted by Gasteiger charge is -2.33. The molecule has 0 amide bonds. The standard InChI is InChI=1S/2C21H24N4.2CH4/c1-14(2)24-13-16-9-5-6-10-17(16)21-20(22-23-25(21)15(3)4)18-11-7-8-12-19(18)24;1-14(2)24-13-16-9-5-6-10-17(16)20-21(25(15(3)4)23-22-20)18-11-7-8-12-19(18)24;;/h2*5-12,14-15H,13H2,1-4H3;2*1H4. The summed E-state index contributed by atoms with van der Waals surface area (Å²) in [4.78, 5) is 4.92. The van der Waals surface area contributed by atoms with Crippen molar-refractivity contribution in [2.75, 3.05) is 9.80 Å². The molecule has 0 radical (unpaired) electrons. The Morgan fingerprint density at radius 3 is 1.29 bits per heavy atom. The van der Waals surface area contributed by atoms with Gasteiger partial charge in [0.25, 0.3) is 0 Å². The minimum absolute atomic E-state index is 0. The first-order valence-electron chi connectivity index (χ1n) is 17.9. The van der Waals surface area contributed by atoms with E-state index in [0.29, 0.717) is 12.1 Å². The minimum Gasteiger partial charge on any atom is -0.364 e. The fraction of sp³-hybridized carbons (Fsp3) is 0.364. The molecule has 0 spiro atoms. The predicted molar refractivity (Wildman–Crippen MR) is 219 cm³/mol. The SMILES string of the molecule is C.C.CC(C)N1Cc2ccccc2-c2c(nnn2C(C)C)-c2ccccc21.CC(C)N1Cc2ccccc2-c2nnn(C(C)C)c2-c2ccccc21. The smallest absolute Gasteiger partial charge is 0.123 e. The number of aromatic nitrogens is 6. The maximum atomic E-state index is 4.60.